The number of benzene rings is 2. The van der Waals surface area contributed by atoms with Crippen LogP contribution in [0.5, 0.6) is 0 Å². The van der Waals surface area contributed by atoms with Gasteiger partial charge in [-0.15, -0.1) is 0 Å². The molecule has 1 atom stereocenters. The summed E-state index contributed by atoms with van der Waals surface area (Å²) in [6, 6.07) is 13.7. The van der Waals surface area contributed by atoms with E-state index in [4.69, 9.17) is 4.74 Å². The number of amides is 1. The Kier molecular flexibility index (Phi) is 6.40. The molecule has 1 amide bonds. The van der Waals surface area contributed by atoms with Crippen LogP contribution < -0.4 is 0 Å². The normalized spacial score (nSPS) is 17.4. The van der Waals surface area contributed by atoms with Crippen LogP contribution in [0, 0.1) is 5.92 Å². The van der Waals surface area contributed by atoms with Crippen LogP contribution in [0.15, 0.2) is 42.5 Å². The minimum absolute atomic E-state index is 0.0445. The van der Waals surface area contributed by atoms with Gasteiger partial charge in [0, 0.05) is 45.2 Å². The molecule has 3 rings (SSSR count). The van der Waals surface area contributed by atoms with E-state index < -0.39 is 0 Å². The molecule has 0 aromatic heterocycles. The molecule has 4 nitrogen and oxygen atoms in total. The highest BCUT2D eigenvalue weighted by Crippen LogP contribution is 2.22. The number of Topliss-reactive ketones (excluding diaryl/α,β-unsaturated/α-hetero) is 1. The largest absolute Gasteiger partial charge is 0.385 e. The Morgan fingerprint density at radius 3 is 2.77 bits per heavy atom. The summed E-state index contributed by atoms with van der Waals surface area (Å²) in [5.41, 5.74) is 0.715. The van der Waals surface area contributed by atoms with Crippen molar-refractivity contribution in [1.29, 1.82) is 0 Å². The van der Waals surface area contributed by atoms with Gasteiger partial charge in [-0.05, 0) is 36.0 Å². The van der Waals surface area contributed by atoms with Crippen molar-refractivity contribution in [1.82, 2.24) is 4.90 Å². The first-order valence-electron chi connectivity index (χ1n) is 9.46. The van der Waals surface area contributed by atoms with Crippen LogP contribution in [0.1, 0.15) is 42.5 Å². The monoisotopic (exact) mass is 353 g/mol. The molecule has 1 fully saturated rings. The van der Waals surface area contributed by atoms with Gasteiger partial charge in [0.25, 0.3) is 0 Å². The van der Waals surface area contributed by atoms with Crippen molar-refractivity contribution in [2.75, 3.05) is 26.8 Å². The van der Waals surface area contributed by atoms with Crippen molar-refractivity contribution in [3.05, 3.63) is 48.0 Å². The number of likely N-dealkylation sites (tertiary alicyclic amines) is 1. The van der Waals surface area contributed by atoms with Crippen molar-refractivity contribution in [2.24, 2.45) is 5.92 Å². The first-order valence-corrected chi connectivity index (χ1v) is 9.46. The van der Waals surface area contributed by atoms with Gasteiger partial charge in [0.2, 0.25) is 5.91 Å². The summed E-state index contributed by atoms with van der Waals surface area (Å²) in [6.07, 6.45) is 3.75. The first kappa shape index (κ1) is 18.6. The first-order chi connectivity index (χ1) is 12.7. The van der Waals surface area contributed by atoms with Crippen LogP contribution in [0.3, 0.4) is 0 Å². The smallest absolute Gasteiger partial charge is 0.223 e. The molecule has 1 heterocycles. The zero-order valence-electron chi connectivity index (χ0n) is 15.4. The standard InChI is InChI=1S/C22H27NO3/c1-26-15-13-17-6-5-14-23(16-17)22(25)12-11-21(24)20-10-4-8-18-7-2-3-9-19(18)20/h2-4,7-10,17H,5-6,11-16H2,1H3/t17-/m0/s1. The lowest BCUT2D eigenvalue weighted by Gasteiger charge is -2.32. The third-order valence-electron chi connectivity index (χ3n) is 5.26. The molecule has 0 spiro atoms. The van der Waals surface area contributed by atoms with E-state index in [0.717, 1.165) is 49.7 Å². The number of methoxy groups -OCH3 is 1. The zero-order valence-corrected chi connectivity index (χ0v) is 15.4. The highest BCUT2D eigenvalue weighted by atomic mass is 16.5. The van der Waals surface area contributed by atoms with Crippen LogP contribution in [-0.4, -0.2) is 43.4 Å². The number of hydrogen-bond acceptors (Lipinski definition) is 3. The summed E-state index contributed by atoms with van der Waals surface area (Å²) in [5.74, 6) is 0.658. The lowest BCUT2D eigenvalue weighted by atomic mass is 9.94. The van der Waals surface area contributed by atoms with Crippen LogP contribution in [0.25, 0.3) is 10.8 Å². The predicted molar refractivity (Wildman–Crippen MR) is 103 cm³/mol. The lowest BCUT2D eigenvalue weighted by molar-refractivity contribution is -0.133. The van der Waals surface area contributed by atoms with Crippen molar-refractivity contribution in [2.45, 2.75) is 32.1 Å². The molecule has 1 aliphatic rings. The molecule has 0 aliphatic carbocycles. The molecule has 1 saturated heterocycles. The Labute approximate surface area is 155 Å². The van der Waals surface area contributed by atoms with E-state index in [2.05, 4.69) is 0 Å². The van der Waals surface area contributed by atoms with E-state index >= 15 is 0 Å². The number of ketones is 1. The molecule has 2 aromatic carbocycles. The average Bonchev–Trinajstić information content (AvgIpc) is 2.70. The van der Waals surface area contributed by atoms with Gasteiger partial charge >= 0.3 is 0 Å². The second kappa shape index (κ2) is 8.95. The van der Waals surface area contributed by atoms with Crippen molar-refractivity contribution in [3.8, 4) is 0 Å². The highest BCUT2D eigenvalue weighted by molar-refractivity contribution is 6.08. The quantitative estimate of drug-likeness (QED) is 0.705. The Hall–Kier alpha value is -2.20. The molecule has 0 N–H and O–H groups in total. The molecule has 0 saturated carbocycles. The van der Waals surface area contributed by atoms with Crippen LogP contribution in [0.4, 0.5) is 0 Å². The topological polar surface area (TPSA) is 46.6 Å². The molecule has 0 unspecified atom stereocenters. The van der Waals surface area contributed by atoms with Crippen molar-refractivity contribution < 1.29 is 14.3 Å². The second-order valence-corrected chi connectivity index (χ2v) is 7.08. The van der Waals surface area contributed by atoms with Gasteiger partial charge in [-0.3, -0.25) is 9.59 Å². The summed E-state index contributed by atoms with van der Waals surface area (Å²) >= 11 is 0. The van der Waals surface area contributed by atoms with E-state index in [1.54, 1.807) is 7.11 Å². The number of carbonyl (C=O) groups excluding carboxylic acids is 2. The fourth-order valence-corrected chi connectivity index (χ4v) is 3.79. The lowest BCUT2D eigenvalue weighted by Crippen LogP contribution is -2.40. The Bertz CT molecular complexity index is 766. The number of hydrogen-bond donors (Lipinski definition) is 0. The third-order valence-corrected chi connectivity index (χ3v) is 5.26. The van der Waals surface area contributed by atoms with E-state index in [0.29, 0.717) is 17.9 Å². The molecule has 4 heteroatoms. The van der Waals surface area contributed by atoms with Gasteiger partial charge < -0.3 is 9.64 Å². The average molecular weight is 353 g/mol. The van der Waals surface area contributed by atoms with E-state index in [-0.39, 0.29) is 18.1 Å². The van der Waals surface area contributed by atoms with E-state index in [9.17, 15) is 9.59 Å². The Morgan fingerprint density at radius 1 is 1.12 bits per heavy atom. The number of nitrogens with zero attached hydrogens (tertiary/aromatic N) is 1. The van der Waals surface area contributed by atoms with E-state index in [1.807, 2.05) is 47.4 Å². The third kappa shape index (κ3) is 4.50. The molecular formula is C22H27NO3. The van der Waals surface area contributed by atoms with Crippen LogP contribution >= 0.6 is 0 Å². The molecule has 138 valence electrons. The minimum Gasteiger partial charge on any atom is -0.385 e. The number of rotatable bonds is 7. The number of ether oxygens (including phenoxy) is 1. The number of fused-ring (bicyclic) bond motifs is 1. The number of piperidine rings is 1. The van der Waals surface area contributed by atoms with Crippen LogP contribution in [0.2, 0.25) is 0 Å². The summed E-state index contributed by atoms with van der Waals surface area (Å²) < 4.78 is 5.16. The van der Waals surface area contributed by atoms with Crippen LogP contribution in [-0.2, 0) is 9.53 Å². The van der Waals surface area contributed by atoms with Gasteiger partial charge in [-0.2, -0.15) is 0 Å². The molecule has 0 bridgehead atoms. The minimum atomic E-state index is 0.0445. The summed E-state index contributed by atoms with van der Waals surface area (Å²) in [5, 5.41) is 2.02. The van der Waals surface area contributed by atoms with Crippen molar-refractivity contribution in [3.63, 3.8) is 0 Å². The van der Waals surface area contributed by atoms with Gasteiger partial charge in [0.05, 0.1) is 0 Å². The molecule has 26 heavy (non-hydrogen) atoms. The van der Waals surface area contributed by atoms with Gasteiger partial charge in [-0.1, -0.05) is 42.5 Å². The van der Waals surface area contributed by atoms with Crippen molar-refractivity contribution >= 4 is 22.5 Å². The van der Waals surface area contributed by atoms with Gasteiger partial charge in [0.15, 0.2) is 5.78 Å². The van der Waals surface area contributed by atoms with Gasteiger partial charge in [0.1, 0.15) is 0 Å². The molecule has 1 aliphatic heterocycles. The maximum absolute atomic E-state index is 12.7. The predicted octanol–water partition coefficient (Wildman–Crippen LogP) is 4.08. The summed E-state index contributed by atoms with van der Waals surface area (Å²) in [6.45, 7) is 2.35. The summed E-state index contributed by atoms with van der Waals surface area (Å²) in [4.78, 5) is 27.2. The highest BCUT2D eigenvalue weighted by Gasteiger charge is 2.24. The SMILES string of the molecule is COCC[C@@H]1CCCN(C(=O)CCC(=O)c2cccc3ccccc23)C1. The Balaban J connectivity index is 1.57. The second-order valence-electron chi connectivity index (χ2n) is 7.08. The number of carbonyl (C=O) groups is 2. The molecular weight excluding hydrogens is 326 g/mol. The van der Waals surface area contributed by atoms with E-state index in [1.165, 1.54) is 0 Å². The maximum Gasteiger partial charge on any atom is 0.223 e. The maximum atomic E-state index is 12.7. The fraction of sp³-hybridized carbons (Fsp3) is 0.455. The summed E-state index contributed by atoms with van der Waals surface area (Å²) in [7, 11) is 1.71. The van der Waals surface area contributed by atoms with Gasteiger partial charge in [-0.25, -0.2) is 0 Å². The zero-order chi connectivity index (χ0) is 18.4. The molecule has 0 radical (unpaired) electrons. The molecule has 2 aromatic rings. The fourth-order valence-electron chi connectivity index (χ4n) is 3.79. The Morgan fingerprint density at radius 2 is 1.92 bits per heavy atom.